The molecule has 1 N–H and O–H groups in total. The third kappa shape index (κ3) is 3.57. The molecule has 3 nitrogen and oxygen atoms in total. The van der Waals surface area contributed by atoms with Gasteiger partial charge in [0.1, 0.15) is 5.78 Å². The Kier molecular flexibility index (Phi) is 7.12. The van der Waals surface area contributed by atoms with E-state index >= 15 is 0 Å². The third-order valence-corrected chi connectivity index (χ3v) is 8.23. The molecule has 0 amide bonds. The predicted molar refractivity (Wildman–Crippen MR) is 118 cm³/mol. The molecule has 4 rings (SSSR count). The van der Waals surface area contributed by atoms with E-state index in [1.807, 2.05) is 6.92 Å². The highest BCUT2D eigenvalue weighted by Crippen LogP contribution is 2.66. The van der Waals surface area contributed by atoms with Crippen LogP contribution in [0.15, 0.2) is 37.0 Å². The van der Waals surface area contributed by atoms with Gasteiger partial charge in [0.2, 0.25) is 0 Å². The van der Waals surface area contributed by atoms with Crippen molar-refractivity contribution in [3.63, 3.8) is 0 Å². The van der Waals surface area contributed by atoms with Crippen LogP contribution in [0, 0.1) is 47.3 Å². The van der Waals surface area contributed by atoms with Gasteiger partial charge in [0, 0.05) is 23.7 Å². The molecular weight excluding hydrogens is 360 g/mol. The summed E-state index contributed by atoms with van der Waals surface area (Å²) in [4.78, 5) is 24.4. The summed E-state index contributed by atoms with van der Waals surface area (Å²) in [6.45, 7) is 12.4. The van der Waals surface area contributed by atoms with Crippen LogP contribution in [-0.2, 0) is 9.59 Å². The summed E-state index contributed by atoms with van der Waals surface area (Å²) >= 11 is 0. The molecule has 7 atom stereocenters. The minimum absolute atomic E-state index is 0.0561. The maximum absolute atomic E-state index is 12.5. The summed E-state index contributed by atoms with van der Waals surface area (Å²) in [5.74, 6) is 1.71. The molecule has 0 aromatic rings. The van der Waals surface area contributed by atoms with Crippen LogP contribution in [-0.4, -0.2) is 22.8 Å². The van der Waals surface area contributed by atoms with Crippen molar-refractivity contribution in [1.29, 1.82) is 0 Å². The van der Waals surface area contributed by atoms with E-state index in [0.29, 0.717) is 24.0 Å². The van der Waals surface area contributed by atoms with Crippen LogP contribution in [0.2, 0.25) is 0 Å². The van der Waals surface area contributed by atoms with Crippen molar-refractivity contribution in [1.82, 2.24) is 0 Å². The highest BCUT2D eigenvalue weighted by Gasteiger charge is 2.62. The Bertz CT molecular complexity index is 729. The van der Waals surface area contributed by atoms with E-state index in [4.69, 9.17) is 0 Å². The number of aliphatic hydroxyl groups excluding tert-OH is 1. The summed E-state index contributed by atoms with van der Waals surface area (Å²) in [7, 11) is 0. The standard InChI is InChI=1S/C22H30O3.C2H4.C2H2/c1-4-18(24)17-8-7-16-15-6-5-13-11-14(23)9-10-21(13,2)20(15)19(25)12-22(16,17)3;2*1-2/h9-11,15-17,19-20,25H,4-8,12H2,1-3H3;1-2H2;1-2H/t15?,16?,17?,19-,20?,21-,22-;;/m0../s1. The van der Waals surface area contributed by atoms with Gasteiger partial charge in [-0.25, -0.2) is 0 Å². The Morgan fingerprint density at radius 2 is 1.90 bits per heavy atom. The van der Waals surface area contributed by atoms with E-state index in [9.17, 15) is 14.7 Å². The monoisotopic (exact) mass is 396 g/mol. The maximum Gasteiger partial charge on any atom is 0.178 e. The van der Waals surface area contributed by atoms with E-state index in [-0.39, 0.29) is 28.4 Å². The number of terminal acetylenes is 1. The third-order valence-electron chi connectivity index (χ3n) is 8.23. The van der Waals surface area contributed by atoms with Gasteiger partial charge >= 0.3 is 0 Å². The molecule has 3 saturated carbocycles. The van der Waals surface area contributed by atoms with E-state index in [1.165, 1.54) is 5.57 Å². The lowest BCUT2D eigenvalue weighted by Gasteiger charge is -2.58. The average Bonchev–Trinajstić information content (AvgIpc) is 3.07. The van der Waals surface area contributed by atoms with Crippen molar-refractivity contribution < 1.29 is 14.7 Å². The largest absolute Gasteiger partial charge is 0.393 e. The SMILES string of the molecule is C#C.C=C.CCC(=O)C1CCC2C3CCC4=CC(=O)C=C[C@]4(C)C3[C@@H](O)C[C@]12C. The molecule has 3 heteroatoms. The molecule has 158 valence electrons. The molecule has 0 bridgehead atoms. The molecular formula is C26H36O3. The summed E-state index contributed by atoms with van der Waals surface area (Å²) in [6.07, 6.45) is 18.5. The van der Waals surface area contributed by atoms with Crippen molar-refractivity contribution in [2.45, 2.75) is 65.4 Å². The fraction of sp³-hybridized carbons (Fsp3) is 0.615. The number of allylic oxidation sites excluding steroid dienone is 4. The Labute approximate surface area is 176 Å². The van der Waals surface area contributed by atoms with Gasteiger partial charge in [0.25, 0.3) is 0 Å². The van der Waals surface area contributed by atoms with Crippen molar-refractivity contribution in [3.8, 4) is 12.8 Å². The first-order valence-electron chi connectivity index (χ1n) is 10.8. The number of ketones is 2. The van der Waals surface area contributed by atoms with E-state index in [1.54, 1.807) is 12.2 Å². The minimum Gasteiger partial charge on any atom is -0.393 e. The lowest BCUT2D eigenvalue weighted by atomic mass is 9.46. The molecule has 4 aliphatic rings. The number of carbonyl (C=O) groups excluding carboxylic acids is 2. The zero-order chi connectivity index (χ0) is 22.0. The van der Waals surface area contributed by atoms with Gasteiger partial charge in [-0.05, 0) is 61.5 Å². The quantitative estimate of drug-likeness (QED) is 0.533. The molecule has 0 heterocycles. The molecule has 0 spiro atoms. The number of aliphatic hydroxyl groups is 1. The number of fused-ring (bicyclic) bond motifs is 5. The van der Waals surface area contributed by atoms with Crippen molar-refractivity contribution in [2.24, 2.45) is 34.5 Å². The molecule has 0 aromatic carbocycles. The number of hydrogen-bond acceptors (Lipinski definition) is 3. The number of rotatable bonds is 2. The highest BCUT2D eigenvalue weighted by atomic mass is 16.3. The fourth-order valence-electron chi connectivity index (χ4n) is 7.10. The molecule has 29 heavy (non-hydrogen) atoms. The molecule has 4 aliphatic carbocycles. The molecule has 3 fully saturated rings. The van der Waals surface area contributed by atoms with Gasteiger partial charge in [-0.2, -0.15) is 0 Å². The second-order valence-corrected chi connectivity index (χ2v) is 9.25. The summed E-state index contributed by atoms with van der Waals surface area (Å²) in [5, 5.41) is 11.2. The molecule has 0 aliphatic heterocycles. The number of Topliss-reactive ketones (excluding diaryl/α,β-unsaturated/α-hetero) is 1. The van der Waals surface area contributed by atoms with E-state index in [0.717, 1.165) is 32.1 Å². The predicted octanol–water partition coefficient (Wildman–Crippen LogP) is 4.91. The van der Waals surface area contributed by atoms with Gasteiger partial charge in [0.05, 0.1) is 6.10 Å². The van der Waals surface area contributed by atoms with Gasteiger partial charge in [-0.1, -0.05) is 32.4 Å². The van der Waals surface area contributed by atoms with Crippen LogP contribution in [0.25, 0.3) is 0 Å². The van der Waals surface area contributed by atoms with Crippen molar-refractivity contribution in [3.05, 3.63) is 37.0 Å². The minimum atomic E-state index is -0.400. The Morgan fingerprint density at radius 1 is 1.24 bits per heavy atom. The highest BCUT2D eigenvalue weighted by molar-refractivity contribution is 6.01. The van der Waals surface area contributed by atoms with Crippen LogP contribution >= 0.6 is 0 Å². The molecule has 0 radical (unpaired) electrons. The van der Waals surface area contributed by atoms with Crippen LogP contribution in [0.1, 0.15) is 59.3 Å². The molecule has 0 aromatic heterocycles. The summed E-state index contributed by atoms with van der Waals surface area (Å²) in [6, 6.07) is 0. The first-order chi connectivity index (χ1) is 13.8. The molecule has 4 unspecified atom stereocenters. The van der Waals surface area contributed by atoms with Crippen LogP contribution in [0.5, 0.6) is 0 Å². The summed E-state index contributed by atoms with van der Waals surface area (Å²) in [5.41, 5.74) is 0.937. The summed E-state index contributed by atoms with van der Waals surface area (Å²) < 4.78 is 0. The number of carbonyl (C=O) groups is 2. The average molecular weight is 397 g/mol. The zero-order valence-corrected chi connectivity index (χ0v) is 18.2. The maximum atomic E-state index is 12.5. The van der Waals surface area contributed by atoms with Crippen LogP contribution in [0.3, 0.4) is 0 Å². The number of hydrogen-bond donors (Lipinski definition) is 1. The Morgan fingerprint density at radius 3 is 2.52 bits per heavy atom. The van der Waals surface area contributed by atoms with Crippen LogP contribution in [0.4, 0.5) is 0 Å². The fourth-order valence-corrected chi connectivity index (χ4v) is 7.10. The lowest BCUT2D eigenvalue weighted by Crippen LogP contribution is -2.56. The lowest BCUT2D eigenvalue weighted by molar-refractivity contribution is -0.138. The van der Waals surface area contributed by atoms with Crippen LogP contribution < -0.4 is 0 Å². The molecule has 0 saturated heterocycles. The first-order valence-corrected chi connectivity index (χ1v) is 10.8. The van der Waals surface area contributed by atoms with Gasteiger partial charge < -0.3 is 5.11 Å². The first kappa shape index (κ1) is 23.4. The van der Waals surface area contributed by atoms with Gasteiger partial charge in [-0.15, -0.1) is 26.0 Å². The second-order valence-electron chi connectivity index (χ2n) is 9.25. The van der Waals surface area contributed by atoms with Gasteiger partial charge in [-0.3, -0.25) is 9.59 Å². The van der Waals surface area contributed by atoms with Crippen molar-refractivity contribution in [2.75, 3.05) is 0 Å². The zero-order valence-electron chi connectivity index (χ0n) is 18.2. The Hall–Kier alpha value is -1.92. The Balaban J connectivity index is 0.000000707. The second kappa shape index (κ2) is 8.84. The van der Waals surface area contributed by atoms with E-state index in [2.05, 4.69) is 45.9 Å². The van der Waals surface area contributed by atoms with E-state index < -0.39 is 6.10 Å². The topological polar surface area (TPSA) is 54.4 Å². The normalized spacial score (nSPS) is 41.9. The smallest absolute Gasteiger partial charge is 0.178 e. The van der Waals surface area contributed by atoms with Crippen molar-refractivity contribution >= 4 is 11.6 Å². The van der Waals surface area contributed by atoms with Gasteiger partial charge in [0.15, 0.2) is 5.78 Å².